The molecule has 3 nitrogen and oxygen atoms in total. The van der Waals surface area contributed by atoms with Gasteiger partial charge in [-0.15, -0.1) is 0 Å². The maximum atomic E-state index is 11.1. The van der Waals surface area contributed by atoms with Crippen molar-refractivity contribution in [3.8, 4) is 0 Å². The van der Waals surface area contributed by atoms with Gasteiger partial charge in [-0.2, -0.15) is 0 Å². The minimum atomic E-state index is -0.501. The van der Waals surface area contributed by atoms with Crippen LogP contribution in [-0.2, 0) is 9.53 Å². The number of rotatable bonds is 7. The van der Waals surface area contributed by atoms with Crippen LogP contribution in [0.3, 0.4) is 0 Å². The van der Waals surface area contributed by atoms with Gasteiger partial charge in [0.15, 0.2) is 0 Å². The summed E-state index contributed by atoms with van der Waals surface area (Å²) in [6.45, 7) is 6.48. The summed E-state index contributed by atoms with van der Waals surface area (Å²) in [6, 6.07) is -0.501. The number of hydrogen-bond acceptors (Lipinski definition) is 3. The Hall–Kier alpha value is -0.570. The van der Waals surface area contributed by atoms with Crippen LogP contribution in [0.5, 0.6) is 0 Å². The van der Waals surface area contributed by atoms with Crippen molar-refractivity contribution in [2.24, 2.45) is 11.7 Å². The van der Waals surface area contributed by atoms with Gasteiger partial charge in [0.05, 0.1) is 6.61 Å². The number of hydrogen-bond donors (Lipinski definition) is 1. The fourth-order valence-electron chi connectivity index (χ4n) is 1.46. The van der Waals surface area contributed by atoms with Crippen molar-refractivity contribution in [1.29, 1.82) is 0 Å². The minimum Gasteiger partial charge on any atom is -0.464 e. The van der Waals surface area contributed by atoms with E-state index in [1.54, 1.807) is 6.92 Å². The van der Waals surface area contributed by atoms with E-state index in [0.717, 1.165) is 25.7 Å². The van der Waals surface area contributed by atoms with Gasteiger partial charge < -0.3 is 10.5 Å². The molecule has 1 unspecified atom stereocenters. The Morgan fingerprint density at radius 1 is 1.29 bits per heavy atom. The molecule has 0 heterocycles. The molecule has 1 atom stereocenters. The molecule has 0 aliphatic carbocycles. The summed E-state index contributed by atoms with van der Waals surface area (Å²) in [5.74, 6) is 0.218. The summed E-state index contributed by atoms with van der Waals surface area (Å²) in [7, 11) is 0. The van der Waals surface area contributed by atoms with Crippen molar-refractivity contribution in [2.75, 3.05) is 6.61 Å². The summed E-state index contributed by atoms with van der Waals surface area (Å²) in [6.07, 6.45) is 4.53. The fraction of sp³-hybridized carbons (Fsp3) is 0.909. The first-order valence-corrected chi connectivity index (χ1v) is 5.54. The van der Waals surface area contributed by atoms with Crippen LogP contribution < -0.4 is 5.73 Å². The standard InChI is InChI=1S/C11H23NO2/c1-4-6-10(7-5-2)8-14-11(13)9(3)12/h9-10H,4-8,12H2,1-3H3. The second kappa shape index (κ2) is 7.80. The minimum absolute atomic E-state index is 0.290. The Kier molecular flexibility index (Phi) is 7.48. The van der Waals surface area contributed by atoms with E-state index >= 15 is 0 Å². The molecule has 0 bridgehead atoms. The Bertz CT molecular complexity index is 151. The lowest BCUT2D eigenvalue weighted by Gasteiger charge is -2.16. The average molecular weight is 201 g/mol. The molecule has 0 aromatic heterocycles. The number of nitrogens with two attached hydrogens (primary N) is 1. The molecule has 0 spiro atoms. The molecule has 0 saturated heterocycles. The highest BCUT2D eigenvalue weighted by Crippen LogP contribution is 2.13. The Morgan fingerprint density at radius 2 is 1.79 bits per heavy atom. The van der Waals surface area contributed by atoms with Gasteiger partial charge in [-0.1, -0.05) is 26.7 Å². The average Bonchev–Trinajstić information content (AvgIpc) is 2.14. The summed E-state index contributed by atoms with van der Waals surface area (Å²) >= 11 is 0. The van der Waals surface area contributed by atoms with Crippen LogP contribution in [-0.4, -0.2) is 18.6 Å². The monoisotopic (exact) mass is 201 g/mol. The maximum Gasteiger partial charge on any atom is 0.322 e. The summed E-state index contributed by atoms with van der Waals surface area (Å²) in [5.41, 5.74) is 5.40. The van der Waals surface area contributed by atoms with E-state index in [9.17, 15) is 4.79 Å². The van der Waals surface area contributed by atoms with Crippen LogP contribution >= 0.6 is 0 Å². The van der Waals surface area contributed by atoms with Crippen LogP contribution in [0.1, 0.15) is 46.5 Å². The molecule has 14 heavy (non-hydrogen) atoms. The lowest BCUT2D eigenvalue weighted by Crippen LogP contribution is -2.30. The lowest BCUT2D eigenvalue weighted by molar-refractivity contribution is -0.146. The van der Waals surface area contributed by atoms with Gasteiger partial charge in [-0.25, -0.2) is 0 Å². The smallest absolute Gasteiger partial charge is 0.322 e. The highest BCUT2D eigenvalue weighted by Gasteiger charge is 2.12. The zero-order chi connectivity index (χ0) is 11.0. The highest BCUT2D eigenvalue weighted by atomic mass is 16.5. The van der Waals surface area contributed by atoms with Gasteiger partial charge in [0, 0.05) is 0 Å². The van der Waals surface area contributed by atoms with Crippen molar-refractivity contribution in [2.45, 2.75) is 52.5 Å². The quantitative estimate of drug-likeness (QED) is 0.642. The molecule has 0 fully saturated rings. The summed E-state index contributed by atoms with van der Waals surface area (Å²) in [4.78, 5) is 11.1. The molecule has 0 aliphatic heterocycles. The predicted octanol–water partition coefficient (Wildman–Crippen LogP) is 2.09. The normalized spacial score (nSPS) is 12.9. The van der Waals surface area contributed by atoms with E-state index < -0.39 is 6.04 Å². The van der Waals surface area contributed by atoms with Crippen LogP contribution in [0.4, 0.5) is 0 Å². The van der Waals surface area contributed by atoms with Crippen LogP contribution in [0, 0.1) is 5.92 Å². The molecule has 0 aromatic carbocycles. The largest absolute Gasteiger partial charge is 0.464 e. The molecule has 3 heteroatoms. The van der Waals surface area contributed by atoms with E-state index in [-0.39, 0.29) is 5.97 Å². The third-order valence-corrected chi connectivity index (χ3v) is 2.23. The summed E-state index contributed by atoms with van der Waals surface area (Å²) in [5, 5.41) is 0. The van der Waals surface area contributed by atoms with Crippen LogP contribution in [0.25, 0.3) is 0 Å². The SMILES string of the molecule is CCCC(CCC)COC(=O)C(C)N. The number of ether oxygens (including phenoxy) is 1. The van der Waals surface area contributed by atoms with Gasteiger partial charge >= 0.3 is 5.97 Å². The topological polar surface area (TPSA) is 52.3 Å². The molecule has 2 N–H and O–H groups in total. The van der Waals surface area contributed by atoms with E-state index in [0.29, 0.717) is 12.5 Å². The van der Waals surface area contributed by atoms with Crippen molar-refractivity contribution < 1.29 is 9.53 Å². The van der Waals surface area contributed by atoms with Gasteiger partial charge in [0.1, 0.15) is 6.04 Å². The molecule has 0 aliphatic rings. The maximum absolute atomic E-state index is 11.1. The third-order valence-electron chi connectivity index (χ3n) is 2.23. The highest BCUT2D eigenvalue weighted by molar-refractivity contribution is 5.74. The number of carbonyl (C=O) groups excluding carboxylic acids is 1. The molecular weight excluding hydrogens is 178 g/mol. The molecule has 84 valence electrons. The van der Waals surface area contributed by atoms with Crippen molar-refractivity contribution in [3.05, 3.63) is 0 Å². The van der Waals surface area contributed by atoms with Crippen LogP contribution in [0.2, 0.25) is 0 Å². The molecule has 0 saturated carbocycles. The molecule has 0 aromatic rings. The second-order valence-electron chi connectivity index (χ2n) is 3.86. The fourth-order valence-corrected chi connectivity index (χ4v) is 1.46. The lowest BCUT2D eigenvalue weighted by atomic mass is 9.99. The van der Waals surface area contributed by atoms with Gasteiger partial charge in [-0.3, -0.25) is 4.79 Å². The van der Waals surface area contributed by atoms with E-state index in [4.69, 9.17) is 10.5 Å². The molecular formula is C11H23NO2. The predicted molar refractivity (Wildman–Crippen MR) is 57.9 cm³/mol. The Labute approximate surface area is 87.0 Å². The van der Waals surface area contributed by atoms with E-state index in [2.05, 4.69) is 13.8 Å². The van der Waals surface area contributed by atoms with Gasteiger partial charge in [0.2, 0.25) is 0 Å². The third kappa shape index (κ3) is 5.97. The first kappa shape index (κ1) is 13.4. The van der Waals surface area contributed by atoms with E-state index in [1.807, 2.05) is 0 Å². The first-order valence-electron chi connectivity index (χ1n) is 5.54. The van der Waals surface area contributed by atoms with Crippen molar-refractivity contribution in [1.82, 2.24) is 0 Å². The molecule has 0 rings (SSSR count). The van der Waals surface area contributed by atoms with Gasteiger partial charge in [0.25, 0.3) is 0 Å². The zero-order valence-corrected chi connectivity index (χ0v) is 9.58. The number of esters is 1. The van der Waals surface area contributed by atoms with Gasteiger partial charge in [-0.05, 0) is 25.7 Å². The number of carbonyl (C=O) groups is 1. The van der Waals surface area contributed by atoms with E-state index in [1.165, 1.54) is 0 Å². The van der Waals surface area contributed by atoms with Crippen LogP contribution in [0.15, 0.2) is 0 Å². The molecule has 0 radical (unpaired) electrons. The van der Waals surface area contributed by atoms with Crippen molar-refractivity contribution >= 4 is 5.97 Å². The second-order valence-corrected chi connectivity index (χ2v) is 3.86. The Morgan fingerprint density at radius 3 is 2.14 bits per heavy atom. The van der Waals surface area contributed by atoms with Crippen molar-refractivity contribution in [3.63, 3.8) is 0 Å². The summed E-state index contributed by atoms with van der Waals surface area (Å²) < 4.78 is 5.11. The first-order chi connectivity index (χ1) is 6.61. The zero-order valence-electron chi connectivity index (χ0n) is 9.58. The Balaban J connectivity index is 3.74. The molecule has 0 amide bonds.